The number of hydrogen-bond acceptors (Lipinski definition) is 3. The molecule has 5 heteroatoms. The van der Waals surface area contributed by atoms with E-state index in [0.29, 0.717) is 5.75 Å². The standard InChI is InChI=1S/C13H17NO4/c1-9-5-4-6-10(7-9)18-8-11(15)14-13(2,3)12(16)17/h4-7H,8H2,1-3H3,(H,14,15)(H,16,17). The molecular weight excluding hydrogens is 234 g/mol. The molecule has 0 saturated heterocycles. The Kier molecular flexibility index (Phi) is 4.31. The monoisotopic (exact) mass is 251 g/mol. The van der Waals surface area contributed by atoms with Crippen LogP contribution in [0.25, 0.3) is 0 Å². The molecule has 18 heavy (non-hydrogen) atoms. The van der Waals surface area contributed by atoms with Crippen LogP contribution in [0.15, 0.2) is 24.3 Å². The van der Waals surface area contributed by atoms with Crippen molar-refractivity contribution in [3.63, 3.8) is 0 Å². The van der Waals surface area contributed by atoms with Crippen LogP contribution in [0, 0.1) is 6.92 Å². The molecular formula is C13H17NO4. The maximum absolute atomic E-state index is 11.5. The van der Waals surface area contributed by atoms with Gasteiger partial charge in [0, 0.05) is 0 Å². The Labute approximate surface area is 106 Å². The van der Waals surface area contributed by atoms with Crippen LogP contribution in [-0.4, -0.2) is 29.1 Å². The van der Waals surface area contributed by atoms with Crippen LogP contribution < -0.4 is 10.1 Å². The summed E-state index contributed by atoms with van der Waals surface area (Å²) in [7, 11) is 0. The van der Waals surface area contributed by atoms with Crippen LogP contribution in [-0.2, 0) is 9.59 Å². The molecule has 0 fully saturated rings. The second kappa shape index (κ2) is 5.53. The number of carboxylic acids is 1. The number of rotatable bonds is 5. The molecule has 1 aromatic carbocycles. The molecule has 0 aliphatic rings. The Hall–Kier alpha value is -2.04. The summed E-state index contributed by atoms with van der Waals surface area (Å²) in [4.78, 5) is 22.3. The number of aliphatic carboxylic acids is 1. The number of ether oxygens (including phenoxy) is 1. The lowest BCUT2D eigenvalue weighted by Gasteiger charge is -2.20. The molecule has 0 spiro atoms. The van der Waals surface area contributed by atoms with Crippen molar-refractivity contribution < 1.29 is 19.4 Å². The second-order valence-corrected chi connectivity index (χ2v) is 4.58. The molecule has 0 aliphatic heterocycles. The first-order valence-electron chi connectivity index (χ1n) is 5.55. The Morgan fingerprint density at radius 3 is 2.61 bits per heavy atom. The van der Waals surface area contributed by atoms with Gasteiger partial charge in [0.2, 0.25) is 0 Å². The van der Waals surface area contributed by atoms with Crippen LogP contribution in [0.5, 0.6) is 5.75 Å². The Balaban J connectivity index is 2.50. The lowest BCUT2D eigenvalue weighted by Crippen LogP contribution is -2.51. The van der Waals surface area contributed by atoms with E-state index < -0.39 is 17.4 Å². The minimum atomic E-state index is -1.30. The van der Waals surface area contributed by atoms with Gasteiger partial charge >= 0.3 is 5.97 Å². The van der Waals surface area contributed by atoms with E-state index in [2.05, 4.69) is 5.32 Å². The van der Waals surface area contributed by atoms with Gasteiger partial charge < -0.3 is 15.2 Å². The fourth-order valence-corrected chi connectivity index (χ4v) is 1.29. The number of aryl methyl sites for hydroxylation is 1. The van der Waals surface area contributed by atoms with Gasteiger partial charge in [-0.15, -0.1) is 0 Å². The van der Waals surface area contributed by atoms with Crippen LogP contribution in [0.3, 0.4) is 0 Å². The fourth-order valence-electron chi connectivity index (χ4n) is 1.29. The summed E-state index contributed by atoms with van der Waals surface area (Å²) >= 11 is 0. The topological polar surface area (TPSA) is 75.6 Å². The summed E-state index contributed by atoms with van der Waals surface area (Å²) in [6, 6.07) is 7.28. The van der Waals surface area contributed by atoms with Crippen molar-refractivity contribution in [2.75, 3.05) is 6.61 Å². The summed E-state index contributed by atoms with van der Waals surface area (Å²) < 4.78 is 5.27. The van der Waals surface area contributed by atoms with E-state index in [1.54, 1.807) is 12.1 Å². The largest absolute Gasteiger partial charge is 0.484 e. The molecule has 1 amide bonds. The highest BCUT2D eigenvalue weighted by molar-refractivity contribution is 5.86. The molecule has 0 bridgehead atoms. The van der Waals surface area contributed by atoms with Crippen molar-refractivity contribution in [2.24, 2.45) is 0 Å². The molecule has 0 heterocycles. The molecule has 0 radical (unpaired) electrons. The molecule has 0 unspecified atom stereocenters. The Morgan fingerprint density at radius 1 is 1.39 bits per heavy atom. The van der Waals surface area contributed by atoms with Crippen molar-refractivity contribution in [3.05, 3.63) is 29.8 Å². The number of nitrogens with one attached hydrogen (secondary N) is 1. The lowest BCUT2D eigenvalue weighted by atomic mass is 10.1. The smallest absolute Gasteiger partial charge is 0.328 e. The molecule has 1 aromatic rings. The summed E-state index contributed by atoms with van der Waals surface area (Å²) in [6.45, 7) is 4.54. The highest BCUT2D eigenvalue weighted by Crippen LogP contribution is 2.12. The van der Waals surface area contributed by atoms with E-state index in [4.69, 9.17) is 9.84 Å². The number of amides is 1. The van der Waals surface area contributed by atoms with Crippen molar-refractivity contribution in [1.29, 1.82) is 0 Å². The van der Waals surface area contributed by atoms with Crippen molar-refractivity contribution >= 4 is 11.9 Å². The highest BCUT2D eigenvalue weighted by Gasteiger charge is 2.28. The summed E-state index contributed by atoms with van der Waals surface area (Å²) in [5.74, 6) is -0.978. The predicted molar refractivity (Wildman–Crippen MR) is 66.5 cm³/mol. The van der Waals surface area contributed by atoms with Gasteiger partial charge in [0.25, 0.3) is 5.91 Å². The first-order chi connectivity index (χ1) is 8.31. The lowest BCUT2D eigenvalue weighted by molar-refractivity contribution is -0.146. The maximum atomic E-state index is 11.5. The fraction of sp³-hybridized carbons (Fsp3) is 0.385. The second-order valence-electron chi connectivity index (χ2n) is 4.58. The zero-order chi connectivity index (χ0) is 13.8. The Morgan fingerprint density at radius 2 is 2.06 bits per heavy atom. The summed E-state index contributed by atoms with van der Waals surface area (Å²) in [5, 5.41) is 11.2. The van der Waals surface area contributed by atoms with Crippen LogP contribution >= 0.6 is 0 Å². The minimum absolute atomic E-state index is 0.208. The van der Waals surface area contributed by atoms with Gasteiger partial charge in [0.15, 0.2) is 6.61 Å². The van der Waals surface area contributed by atoms with Gasteiger partial charge in [-0.1, -0.05) is 12.1 Å². The molecule has 98 valence electrons. The normalized spacial score (nSPS) is 10.8. The Bertz CT molecular complexity index is 454. The molecule has 0 aromatic heterocycles. The number of benzene rings is 1. The van der Waals surface area contributed by atoms with Crippen LogP contribution in [0.1, 0.15) is 19.4 Å². The van der Waals surface area contributed by atoms with Crippen molar-refractivity contribution in [2.45, 2.75) is 26.3 Å². The summed E-state index contributed by atoms with van der Waals surface area (Å²) in [6.07, 6.45) is 0. The quantitative estimate of drug-likeness (QED) is 0.828. The number of carboxylic acid groups (broad SMARTS) is 1. The molecule has 2 N–H and O–H groups in total. The SMILES string of the molecule is Cc1cccc(OCC(=O)NC(C)(C)C(=O)O)c1. The average Bonchev–Trinajstić information content (AvgIpc) is 2.25. The average molecular weight is 251 g/mol. The predicted octanol–water partition coefficient (Wildman–Crippen LogP) is 1.35. The first kappa shape index (κ1) is 14.0. The maximum Gasteiger partial charge on any atom is 0.328 e. The number of hydrogen-bond donors (Lipinski definition) is 2. The highest BCUT2D eigenvalue weighted by atomic mass is 16.5. The molecule has 5 nitrogen and oxygen atoms in total. The third kappa shape index (κ3) is 4.08. The zero-order valence-corrected chi connectivity index (χ0v) is 10.7. The van der Waals surface area contributed by atoms with Crippen LogP contribution in [0.2, 0.25) is 0 Å². The molecule has 0 saturated carbocycles. The zero-order valence-electron chi connectivity index (χ0n) is 10.7. The molecule has 1 rings (SSSR count). The van der Waals surface area contributed by atoms with Crippen molar-refractivity contribution in [3.8, 4) is 5.75 Å². The van der Waals surface area contributed by atoms with Gasteiger partial charge in [-0.2, -0.15) is 0 Å². The van der Waals surface area contributed by atoms with E-state index in [1.807, 2.05) is 19.1 Å². The van der Waals surface area contributed by atoms with E-state index in [1.165, 1.54) is 13.8 Å². The van der Waals surface area contributed by atoms with Gasteiger partial charge in [0.05, 0.1) is 0 Å². The van der Waals surface area contributed by atoms with Gasteiger partial charge in [-0.25, -0.2) is 4.79 Å². The molecule has 0 aliphatic carbocycles. The third-order valence-electron chi connectivity index (χ3n) is 2.35. The number of carbonyl (C=O) groups is 2. The van der Waals surface area contributed by atoms with E-state index in [0.717, 1.165) is 5.56 Å². The molecule has 0 atom stereocenters. The first-order valence-corrected chi connectivity index (χ1v) is 5.55. The van der Waals surface area contributed by atoms with E-state index >= 15 is 0 Å². The van der Waals surface area contributed by atoms with Crippen LogP contribution in [0.4, 0.5) is 0 Å². The third-order valence-corrected chi connectivity index (χ3v) is 2.35. The van der Waals surface area contributed by atoms with Crippen molar-refractivity contribution in [1.82, 2.24) is 5.32 Å². The van der Waals surface area contributed by atoms with Gasteiger partial charge in [0.1, 0.15) is 11.3 Å². The van der Waals surface area contributed by atoms with Gasteiger partial charge in [-0.3, -0.25) is 4.79 Å². The van der Waals surface area contributed by atoms with E-state index in [9.17, 15) is 9.59 Å². The summed E-state index contributed by atoms with van der Waals surface area (Å²) in [5.41, 5.74) is -0.272. The van der Waals surface area contributed by atoms with Gasteiger partial charge in [-0.05, 0) is 38.5 Å². The minimum Gasteiger partial charge on any atom is -0.484 e. The van der Waals surface area contributed by atoms with E-state index in [-0.39, 0.29) is 6.61 Å². The number of carbonyl (C=O) groups excluding carboxylic acids is 1.